The third kappa shape index (κ3) is 159. The van der Waals surface area contributed by atoms with Gasteiger partial charge in [-0.15, -0.1) is 45.2 Å². The summed E-state index contributed by atoms with van der Waals surface area (Å²) in [5.74, 6) is -1.43. The number of aliphatic hydroxyl groups is 1. The molecule has 0 aromatic carbocycles. The van der Waals surface area contributed by atoms with Crippen LogP contribution < -0.4 is 253 Å². The van der Waals surface area contributed by atoms with Crippen molar-refractivity contribution in [2.75, 3.05) is 25.1 Å². The molecule has 0 aliphatic rings. The molecule has 0 aromatic rings. The zero-order valence-electron chi connectivity index (χ0n) is 47.0. The third-order valence-corrected chi connectivity index (χ3v) is 15.1. The number of rotatable bonds is 17. The Morgan fingerprint density at radius 1 is 0.500 bits per heavy atom. The first-order valence-electron chi connectivity index (χ1n) is 11.7. The molecule has 6 unspecified atom stereocenters. The molecule has 0 amide bonds. The molecule has 6 atom stereocenters. The quantitative estimate of drug-likeness (QED) is 0.0161. The van der Waals surface area contributed by atoms with Gasteiger partial charge in [-0.1, -0.05) is 29.9 Å². The average Bonchev–Trinajstić information content (AvgIpc) is 2.84. The van der Waals surface area contributed by atoms with Gasteiger partial charge in [0.2, 0.25) is 30.1 Å². The number of carbonyl (C=O) groups is 1. The van der Waals surface area contributed by atoms with E-state index in [0.29, 0.717) is 21.5 Å². The van der Waals surface area contributed by atoms with Crippen molar-refractivity contribution in [1.29, 1.82) is 0 Å². The molecular formula is C9H35F7Li12N6O28P6S6+6. The van der Waals surface area contributed by atoms with Gasteiger partial charge in [0.05, 0.1) is 19.1 Å². The SMILES string of the molecule is C#COS(=O)(=O)NP(=O)(O)F.C=CCOS(=O)(=O)NP(=O)(O)F.C=O.CS(=O)(=O)NP(=O)(O)F.CS(=O)(=O)NP(=O)(O)F.O=P(O)(F)NS(=O)(=O)CO.O=P(O)(F)NS(=O)(=O)F.[H-].[H-].[H-].[H-].[H-].[H-].[Li+].[Li+].[Li+].[Li+].[Li+].[Li+].[Li+].[Li+].[Li+].[Li+].[Li+].[Li+]. The maximum absolute atomic E-state index is 11.8. The number of sulfonamides is 3. The van der Waals surface area contributed by atoms with Crippen LogP contribution in [0.25, 0.3) is 0 Å². The summed E-state index contributed by atoms with van der Waals surface area (Å²) in [5, 5.41) is 7.91. The molecule has 0 bridgehead atoms. The monoisotopic (exact) mass is 1270 g/mol. The normalized spacial score (nSPS) is 14.6. The van der Waals surface area contributed by atoms with Crippen LogP contribution in [0.2, 0.25) is 0 Å². The Balaban J connectivity index is -0.0000000188. The van der Waals surface area contributed by atoms with Gasteiger partial charge in [0.25, 0.3) is 0 Å². The molecule has 34 nitrogen and oxygen atoms in total. The van der Waals surface area contributed by atoms with E-state index >= 15 is 0 Å². The van der Waals surface area contributed by atoms with E-state index in [0.717, 1.165) is 19.6 Å². The number of halogens is 7. The Morgan fingerprint density at radius 2 is 0.716 bits per heavy atom. The predicted octanol–water partition coefficient (Wildman–Crippen LogP) is -37.9. The van der Waals surface area contributed by atoms with Crippen molar-refractivity contribution in [3.63, 3.8) is 0 Å². The van der Waals surface area contributed by atoms with Crippen molar-refractivity contribution in [1.82, 2.24) is 27.0 Å². The van der Waals surface area contributed by atoms with E-state index in [1.165, 1.54) is 6.11 Å². The Bertz CT molecular complexity index is 2370. The zero-order chi connectivity index (χ0) is 52.5. The Labute approximate surface area is 573 Å². The molecule has 0 aliphatic carbocycles. The van der Waals surface area contributed by atoms with Gasteiger partial charge in [-0.25, -0.2) is 52.6 Å². The number of nitrogens with one attached hydrogen (secondary N) is 6. The first kappa shape index (κ1) is 134. The summed E-state index contributed by atoms with van der Waals surface area (Å²) in [6.45, 7) is 4.71. The minimum absolute atomic E-state index is 0. The fraction of sp³-hybridized carbons (Fsp3) is 0.444. The molecule has 0 saturated heterocycles. The van der Waals surface area contributed by atoms with Crippen LogP contribution in [-0.2, 0) is 102 Å². The molecule has 13 N–H and O–H groups in total. The molecule has 0 aliphatic heterocycles. The Morgan fingerprint density at radius 3 is 0.824 bits per heavy atom. The first-order chi connectivity index (χ1) is 26.4. The van der Waals surface area contributed by atoms with Crippen LogP contribution in [0.4, 0.5) is 29.1 Å². The van der Waals surface area contributed by atoms with Crippen LogP contribution in [0.3, 0.4) is 0 Å². The molecule has 74 heavy (non-hydrogen) atoms. The van der Waals surface area contributed by atoms with Gasteiger partial charge in [0.15, 0.2) is 5.94 Å². The van der Waals surface area contributed by atoms with E-state index in [9.17, 15) is 107 Å². The number of carbonyl (C=O) groups excluding carboxylic acids is 1. The van der Waals surface area contributed by atoms with Crippen molar-refractivity contribution < 1.29 is 389 Å². The van der Waals surface area contributed by atoms with Crippen LogP contribution in [0.5, 0.6) is 0 Å². The van der Waals surface area contributed by atoms with Crippen molar-refractivity contribution >= 4 is 115 Å². The van der Waals surface area contributed by atoms with E-state index in [-0.39, 0.29) is 239 Å². The van der Waals surface area contributed by atoms with Gasteiger partial charge in [-0.05, 0) is 0 Å². The number of terminal acetylenes is 1. The minimum atomic E-state index is -5.50. The molecule has 0 rings (SSSR count). The average molecular weight is 1270 g/mol. The summed E-state index contributed by atoms with van der Waals surface area (Å²) in [7, 11) is -58.5. The molecular weight excluding hydrogens is 1230 g/mol. The van der Waals surface area contributed by atoms with E-state index in [1.54, 1.807) is 0 Å². The summed E-state index contributed by atoms with van der Waals surface area (Å²) in [6.07, 6.45) is 7.77. The fourth-order valence-electron chi connectivity index (χ4n) is 1.27. The second-order valence-corrected chi connectivity index (χ2v) is 26.0. The van der Waals surface area contributed by atoms with Gasteiger partial charge < -0.3 is 52.0 Å². The second kappa shape index (κ2) is 59.3. The van der Waals surface area contributed by atoms with Gasteiger partial charge in [-0.3, -0.25) is 4.18 Å². The van der Waals surface area contributed by atoms with Gasteiger partial charge in [-0.2, -0.15) is 25.3 Å². The number of hydrogen-bond donors (Lipinski definition) is 13. The van der Waals surface area contributed by atoms with E-state index < -0.39 is 121 Å². The minimum Gasteiger partial charge on any atom is -1.00 e. The number of aliphatic hydroxyl groups excluding tert-OH is 1. The summed E-state index contributed by atoms with van der Waals surface area (Å²) >= 11 is 0. The molecule has 0 heterocycles. The van der Waals surface area contributed by atoms with Gasteiger partial charge >= 0.3 is 304 Å². The zero-order valence-corrected chi connectivity index (χ0v) is 51.2. The van der Waals surface area contributed by atoms with Crippen LogP contribution >= 0.6 is 47.0 Å². The van der Waals surface area contributed by atoms with Crippen LogP contribution in [0.1, 0.15) is 8.56 Å². The summed E-state index contributed by atoms with van der Waals surface area (Å²) in [4.78, 5) is 54.6. The van der Waals surface area contributed by atoms with E-state index in [1.807, 2.05) is 6.79 Å². The van der Waals surface area contributed by atoms with E-state index in [2.05, 4.69) is 21.4 Å². The molecule has 0 radical (unpaired) electrons. The molecule has 65 heteroatoms. The van der Waals surface area contributed by atoms with Gasteiger partial charge in [0, 0.05) is 0 Å². The fourth-order valence-corrected chi connectivity index (χ4v) is 10.2. The molecule has 0 saturated carbocycles. The van der Waals surface area contributed by atoms with Gasteiger partial charge in [0.1, 0.15) is 12.9 Å². The Hall–Kier alpha value is 5.97. The van der Waals surface area contributed by atoms with Crippen molar-refractivity contribution in [3.05, 3.63) is 12.7 Å². The van der Waals surface area contributed by atoms with Crippen LogP contribution in [-0.4, -0.2) is 117 Å². The summed E-state index contributed by atoms with van der Waals surface area (Å²) < 4.78 is 270. The van der Waals surface area contributed by atoms with Crippen molar-refractivity contribution in [2.24, 2.45) is 0 Å². The van der Waals surface area contributed by atoms with Crippen LogP contribution in [0, 0.1) is 12.5 Å². The standard InChI is InChI=1S/C3H7FNO5PS.C2H3FNO5PS.CH5FNO5PS.2CH5FNO4PS.CH2O.F2H2NO4PS.12Li.6H/c1-2-3-10-12(8,9)5-11(4,6)7;1-2-9-11(7,8)4-10(3,5)6;2-9(5,6)3-10(7,8)1-4;2*1-9(6,7)3-8(2,4)5;1-2;1-8(4,5)3-9(2,6)7;;;;;;;;;;;;;;;;;;/h2H,1,3H2,(H2,5,6,7);1H,(H2,4,5,6);4H,1H2,(H2,3,5,6);2*1H3,(H2,3,4,5);1H2;(H2,3,4,5);;;;;;;;;;;;;;;;;;/q;;;;;;;12*+1;6*-1. The maximum atomic E-state index is 11.8. The van der Waals surface area contributed by atoms with E-state index in [4.69, 9.17) is 39.3 Å². The van der Waals surface area contributed by atoms with Crippen LogP contribution in [0.15, 0.2) is 12.7 Å². The van der Waals surface area contributed by atoms with Crippen molar-refractivity contribution in [3.8, 4) is 12.5 Å². The van der Waals surface area contributed by atoms with Crippen molar-refractivity contribution in [2.45, 2.75) is 0 Å². The maximum Gasteiger partial charge on any atom is 1.00 e. The largest absolute Gasteiger partial charge is 1.00 e. The number of hydrogen-bond acceptors (Lipinski definition) is 22. The molecule has 0 spiro atoms. The Kier molecular flexibility index (Phi) is 108. The molecule has 390 valence electrons. The molecule has 0 fully saturated rings. The topological polar surface area (TPSA) is 557 Å². The predicted molar refractivity (Wildman–Crippen MR) is 198 cm³/mol. The summed E-state index contributed by atoms with van der Waals surface area (Å²) in [5.41, 5.74) is 0. The second-order valence-electron chi connectivity index (χ2n) is 7.97. The first-order valence-corrected chi connectivity index (χ1v) is 30.6. The smallest absolute Gasteiger partial charge is 1.00 e. The molecule has 0 aromatic heterocycles. The third-order valence-electron chi connectivity index (χ3n) is 2.15. The summed E-state index contributed by atoms with van der Waals surface area (Å²) in [6, 6.07) is 0.